The maximum Gasteiger partial charge on any atom is 0.225 e. The van der Waals surface area contributed by atoms with E-state index in [1.807, 2.05) is 19.1 Å². The van der Waals surface area contributed by atoms with Crippen LogP contribution in [-0.4, -0.2) is 18.5 Å². The molecule has 1 aliphatic heterocycles. The summed E-state index contributed by atoms with van der Waals surface area (Å²) in [5, 5.41) is 6.49. The lowest BCUT2D eigenvalue weighted by atomic mass is 9.90. The van der Waals surface area contributed by atoms with Crippen LogP contribution in [0, 0.1) is 19.8 Å². The van der Waals surface area contributed by atoms with Gasteiger partial charge in [0.1, 0.15) is 0 Å². The van der Waals surface area contributed by atoms with Gasteiger partial charge in [0.2, 0.25) is 5.91 Å². The normalized spacial score (nSPS) is 23.1. The number of aryl methyl sites for hydroxylation is 1. The summed E-state index contributed by atoms with van der Waals surface area (Å²) < 4.78 is 0. The lowest BCUT2D eigenvalue weighted by Crippen LogP contribution is -2.42. The Morgan fingerprint density at radius 1 is 1.42 bits per heavy atom. The van der Waals surface area contributed by atoms with Crippen LogP contribution < -0.4 is 10.6 Å². The molecule has 1 aliphatic rings. The van der Waals surface area contributed by atoms with Gasteiger partial charge < -0.3 is 10.6 Å². The summed E-state index contributed by atoms with van der Waals surface area (Å²) in [6, 6.07) is 6.34. The van der Waals surface area contributed by atoms with Crippen LogP contribution in [0.25, 0.3) is 0 Å². The summed E-state index contributed by atoms with van der Waals surface area (Å²) in [6.45, 7) is 7.37. The molecule has 1 aromatic carbocycles. The van der Waals surface area contributed by atoms with Crippen molar-refractivity contribution in [1.29, 1.82) is 0 Å². The number of rotatable bonds is 3. The topological polar surface area (TPSA) is 41.1 Å². The number of amides is 1. The fourth-order valence-electron chi connectivity index (χ4n) is 2.67. The number of nitrogens with one attached hydrogen (secondary N) is 2. The Morgan fingerprint density at radius 2 is 2.21 bits per heavy atom. The van der Waals surface area contributed by atoms with Gasteiger partial charge in [0.25, 0.3) is 0 Å². The van der Waals surface area contributed by atoms with E-state index in [9.17, 15) is 4.79 Å². The predicted molar refractivity (Wildman–Crippen MR) is 79.4 cm³/mol. The van der Waals surface area contributed by atoms with E-state index < -0.39 is 0 Å². The van der Waals surface area contributed by atoms with Crippen molar-refractivity contribution in [1.82, 2.24) is 5.32 Å². The summed E-state index contributed by atoms with van der Waals surface area (Å²) >= 11 is 0. The number of hydrogen-bond donors (Lipinski definition) is 2. The van der Waals surface area contributed by atoms with E-state index in [4.69, 9.17) is 0 Å². The quantitative estimate of drug-likeness (QED) is 0.877. The number of hydrogen-bond acceptors (Lipinski definition) is 2. The highest BCUT2D eigenvalue weighted by Gasteiger charge is 2.23. The summed E-state index contributed by atoms with van der Waals surface area (Å²) in [5.41, 5.74) is 3.30. The molecule has 2 rings (SSSR count). The van der Waals surface area contributed by atoms with Crippen LogP contribution in [0.4, 0.5) is 5.69 Å². The SMILES string of the molecule is Cc1cccc(NC(=O)CC2NCCCC2C)c1C. The van der Waals surface area contributed by atoms with Crippen molar-refractivity contribution in [2.45, 2.75) is 46.1 Å². The Hall–Kier alpha value is -1.35. The second-order valence-electron chi connectivity index (χ2n) is 5.68. The van der Waals surface area contributed by atoms with E-state index in [2.05, 4.69) is 30.5 Å². The van der Waals surface area contributed by atoms with Crippen LogP contribution in [0.5, 0.6) is 0 Å². The first kappa shape index (κ1) is 14.1. The monoisotopic (exact) mass is 260 g/mol. The third kappa shape index (κ3) is 3.57. The maximum atomic E-state index is 12.1. The number of anilines is 1. The minimum Gasteiger partial charge on any atom is -0.326 e. The maximum absolute atomic E-state index is 12.1. The lowest BCUT2D eigenvalue weighted by Gasteiger charge is -2.29. The smallest absolute Gasteiger partial charge is 0.225 e. The van der Waals surface area contributed by atoms with Crippen molar-refractivity contribution in [2.75, 3.05) is 11.9 Å². The molecule has 2 unspecified atom stereocenters. The Labute approximate surface area is 115 Å². The van der Waals surface area contributed by atoms with E-state index in [1.54, 1.807) is 0 Å². The lowest BCUT2D eigenvalue weighted by molar-refractivity contribution is -0.117. The summed E-state index contributed by atoms with van der Waals surface area (Å²) in [7, 11) is 0. The molecule has 1 amide bonds. The van der Waals surface area contributed by atoms with Crippen molar-refractivity contribution < 1.29 is 4.79 Å². The molecule has 2 atom stereocenters. The predicted octanol–water partition coefficient (Wildman–Crippen LogP) is 3.02. The van der Waals surface area contributed by atoms with Gasteiger partial charge in [0, 0.05) is 18.2 Å². The number of carbonyl (C=O) groups is 1. The van der Waals surface area contributed by atoms with Crippen LogP contribution in [0.1, 0.15) is 37.3 Å². The highest BCUT2D eigenvalue weighted by molar-refractivity contribution is 5.92. The zero-order valence-electron chi connectivity index (χ0n) is 12.1. The Kier molecular flexibility index (Phi) is 4.59. The minimum atomic E-state index is 0.111. The van der Waals surface area contributed by atoms with Crippen LogP contribution >= 0.6 is 0 Å². The van der Waals surface area contributed by atoms with Crippen LogP contribution in [0.3, 0.4) is 0 Å². The number of carbonyl (C=O) groups excluding carboxylic acids is 1. The van der Waals surface area contributed by atoms with Gasteiger partial charge in [0.15, 0.2) is 0 Å². The van der Waals surface area contributed by atoms with E-state index in [1.165, 1.54) is 18.4 Å². The number of piperidine rings is 1. The standard InChI is InChI=1S/C16H24N2O/c1-11-6-4-8-14(13(11)3)18-16(19)10-15-12(2)7-5-9-17-15/h4,6,8,12,15,17H,5,7,9-10H2,1-3H3,(H,18,19). The van der Waals surface area contributed by atoms with E-state index in [0.29, 0.717) is 18.4 Å². The molecule has 0 bridgehead atoms. The second-order valence-corrected chi connectivity index (χ2v) is 5.68. The fraction of sp³-hybridized carbons (Fsp3) is 0.562. The first-order valence-corrected chi connectivity index (χ1v) is 7.17. The molecule has 1 saturated heterocycles. The van der Waals surface area contributed by atoms with E-state index in [0.717, 1.165) is 17.8 Å². The average Bonchev–Trinajstić information content (AvgIpc) is 2.38. The van der Waals surface area contributed by atoms with Gasteiger partial charge in [-0.1, -0.05) is 19.1 Å². The number of benzene rings is 1. The first-order chi connectivity index (χ1) is 9.08. The molecule has 104 valence electrons. The fourth-order valence-corrected chi connectivity index (χ4v) is 2.67. The molecule has 1 heterocycles. The first-order valence-electron chi connectivity index (χ1n) is 7.17. The van der Waals surface area contributed by atoms with Crippen molar-refractivity contribution in [3.63, 3.8) is 0 Å². The summed E-state index contributed by atoms with van der Waals surface area (Å²) in [6.07, 6.45) is 3.00. The van der Waals surface area contributed by atoms with Crippen LogP contribution in [0.15, 0.2) is 18.2 Å². The van der Waals surface area contributed by atoms with E-state index in [-0.39, 0.29) is 5.91 Å². The van der Waals surface area contributed by atoms with Crippen LogP contribution in [-0.2, 0) is 4.79 Å². The molecule has 0 aliphatic carbocycles. The Morgan fingerprint density at radius 3 is 2.95 bits per heavy atom. The van der Waals surface area contributed by atoms with Crippen LogP contribution in [0.2, 0.25) is 0 Å². The molecule has 1 aromatic rings. The molecule has 3 nitrogen and oxygen atoms in total. The molecule has 0 aromatic heterocycles. The van der Waals surface area contributed by atoms with Gasteiger partial charge in [0.05, 0.1) is 0 Å². The zero-order valence-corrected chi connectivity index (χ0v) is 12.1. The largest absolute Gasteiger partial charge is 0.326 e. The van der Waals surface area contributed by atoms with Crippen molar-refractivity contribution in [3.8, 4) is 0 Å². The van der Waals surface area contributed by atoms with Gasteiger partial charge in [-0.15, -0.1) is 0 Å². The second kappa shape index (κ2) is 6.20. The van der Waals surface area contributed by atoms with Gasteiger partial charge in [-0.25, -0.2) is 0 Å². The molecule has 19 heavy (non-hydrogen) atoms. The molecular formula is C16H24N2O. The molecule has 0 saturated carbocycles. The zero-order chi connectivity index (χ0) is 13.8. The highest BCUT2D eigenvalue weighted by atomic mass is 16.1. The third-order valence-corrected chi connectivity index (χ3v) is 4.21. The van der Waals surface area contributed by atoms with Gasteiger partial charge >= 0.3 is 0 Å². The molecule has 3 heteroatoms. The summed E-state index contributed by atoms with van der Waals surface area (Å²) in [5.74, 6) is 0.693. The highest BCUT2D eigenvalue weighted by Crippen LogP contribution is 2.21. The molecular weight excluding hydrogens is 236 g/mol. The Bertz CT molecular complexity index is 456. The molecule has 2 N–H and O–H groups in total. The van der Waals surface area contributed by atoms with Gasteiger partial charge in [-0.2, -0.15) is 0 Å². The third-order valence-electron chi connectivity index (χ3n) is 4.21. The minimum absolute atomic E-state index is 0.111. The van der Waals surface area contributed by atoms with Crippen molar-refractivity contribution >= 4 is 11.6 Å². The molecule has 0 spiro atoms. The van der Waals surface area contributed by atoms with Crippen molar-refractivity contribution in [2.24, 2.45) is 5.92 Å². The average molecular weight is 260 g/mol. The van der Waals surface area contributed by atoms with E-state index >= 15 is 0 Å². The molecule has 0 radical (unpaired) electrons. The van der Waals surface area contributed by atoms with Crippen molar-refractivity contribution in [3.05, 3.63) is 29.3 Å². The van der Waals surface area contributed by atoms with Gasteiger partial charge in [-0.3, -0.25) is 4.79 Å². The summed E-state index contributed by atoms with van der Waals surface area (Å²) in [4.78, 5) is 12.1. The van der Waals surface area contributed by atoms with Gasteiger partial charge in [-0.05, 0) is 56.3 Å². The Balaban J connectivity index is 1.95. The molecule has 1 fully saturated rings.